The molecule has 0 bridgehead atoms. The van der Waals surface area contributed by atoms with Crippen molar-refractivity contribution in [2.45, 2.75) is 38.2 Å². The second kappa shape index (κ2) is 9.63. The van der Waals surface area contributed by atoms with Gasteiger partial charge in [-0.3, -0.25) is 0 Å². The van der Waals surface area contributed by atoms with Crippen LogP contribution in [-0.2, 0) is 19.0 Å². The van der Waals surface area contributed by atoms with E-state index in [0.717, 1.165) is 18.2 Å². The summed E-state index contributed by atoms with van der Waals surface area (Å²) < 4.78 is 84.5. The van der Waals surface area contributed by atoms with E-state index in [2.05, 4.69) is 9.97 Å². The first kappa shape index (κ1) is 25.2. The lowest BCUT2D eigenvalue weighted by Crippen LogP contribution is -2.09. The van der Waals surface area contributed by atoms with Gasteiger partial charge in [-0.05, 0) is 66.3 Å². The van der Waals surface area contributed by atoms with Crippen molar-refractivity contribution < 1.29 is 41.0 Å². The molecule has 1 N–H and O–H groups in total. The number of hydrogen-bond donors (Lipinski definition) is 1. The van der Waals surface area contributed by atoms with Crippen LogP contribution in [0, 0.1) is 0 Å². The minimum Gasteiger partial charge on any atom is -0.477 e. The van der Waals surface area contributed by atoms with E-state index in [9.17, 15) is 36.2 Å². The summed E-state index contributed by atoms with van der Waals surface area (Å²) in [5.74, 6) is -1.36. The van der Waals surface area contributed by atoms with Crippen LogP contribution in [0.2, 0.25) is 0 Å². The number of rotatable bonds is 6. The average Bonchev–Trinajstić information content (AvgIpc) is 3.31. The SMILES string of the molecule is O=C(O)c1cccc(C2=C(c3cc(C(F)(F)F)cnc3OCc3ccc(C(F)(F)F)cc3)CCC2)n1. The van der Waals surface area contributed by atoms with Crippen LogP contribution in [0.15, 0.2) is 54.7 Å². The number of pyridine rings is 2. The molecule has 0 atom stereocenters. The summed E-state index contributed by atoms with van der Waals surface area (Å²) in [6, 6.07) is 9.51. The lowest BCUT2D eigenvalue weighted by molar-refractivity contribution is -0.138. The van der Waals surface area contributed by atoms with Crippen LogP contribution < -0.4 is 4.74 Å². The van der Waals surface area contributed by atoms with Gasteiger partial charge in [-0.2, -0.15) is 26.3 Å². The molecular weight excluding hydrogens is 490 g/mol. The first-order chi connectivity index (χ1) is 16.9. The largest absolute Gasteiger partial charge is 0.477 e. The summed E-state index contributed by atoms with van der Waals surface area (Å²) >= 11 is 0. The smallest absolute Gasteiger partial charge is 0.417 e. The number of benzene rings is 1. The number of nitrogens with zero attached hydrogens (tertiary/aromatic N) is 2. The molecule has 2 aromatic heterocycles. The van der Waals surface area contributed by atoms with Gasteiger partial charge in [0.2, 0.25) is 5.88 Å². The van der Waals surface area contributed by atoms with E-state index in [1.807, 2.05) is 0 Å². The van der Waals surface area contributed by atoms with Gasteiger partial charge in [-0.1, -0.05) is 18.2 Å². The van der Waals surface area contributed by atoms with Crippen molar-refractivity contribution in [3.05, 3.63) is 88.4 Å². The Balaban J connectivity index is 1.72. The van der Waals surface area contributed by atoms with Crippen LogP contribution in [0.1, 0.15) is 57.7 Å². The van der Waals surface area contributed by atoms with Crippen LogP contribution in [0.5, 0.6) is 5.88 Å². The van der Waals surface area contributed by atoms with E-state index in [1.54, 1.807) is 6.07 Å². The normalized spacial score (nSPS) is 14.3. The summed E-state index contributed by atoms with van der Waals surface area (Å²) in [5, 5.41) is 9.25. The van der Waals surface area contributed by atoms with Gasteiger partial charge in [-0.15, -0.1) is 0 Å². The number of carbonyl (C=O) groups is 1. The highest BCUT2D eigenvalue weighted by atomic mass is 19.4. The van der Waals surface area contributed by atoms with Crippen molar-refractivity contribution in [2.24, 2.45) is 0 Å². The van der Waals surface area contributed by atoms with Crippen LogP contribution in [0.25, 0.3) is 11.1 Å². The van der Waals surface area contributed by atoms with Crippen molar-refractivity contribution in [2.75, 3.05) is 0 Å². The molecule has 0 saturated carbocycles. The van der Waals surface area contributed by atoms with Gasteiger partial charge >= 0.3 is 18.3 Å². The monoisotopic (exact) mass is 508 g/mol. The third-order valence-electron chi connectivity index (χ3n) is 5.66. The molecule has 0 unspecified atom stereocenters. The molecule has 0 radical (unpaired) electrons. The third kappa shape index (κ3) is 5.50. The summed E-state index contributed by atoms with van der Waals surface area (Å²) in [7, 11) is 0. The molecule has 0 aliphatic heterocycles. The summed E-state index contributed by atoms with van der Waals surface area (Å²) in [5.41, 5.74) is -0.189. The van der Waals surface area contributed by atoms with Crippen molar-refractivity contribution >= 4 is 17.1 Å². The molecule has 1 aromatic carbocycles. The number of aromatic nitrogens is 2. The van der Waals surface area contributed by atoms with E-state index in [1.165, 1.54) is 24.3 Å². The topological polar surface area (TPSA) is 72.3 Å². The molecule has 36 heavy (non-hydrogen) atoms. The maximum Gasteiger partial charge on any atom is 0.417 e. The van der Waals surface area contributed by atoms with Crippen molar-refractivity contribution in [1.82, 2.24) is 9.97 Å². The highest BCUT2D eigenvalue weighted by molar-refractivity contribution is 5.94. The van der Waals surface area contributed by atoms with Crippen LogP contribution in [0.4, 0.5) is 26.3 Å². The number of carboxylic acids is 1. The highest BCUT2D eigenvalue weighted by Gasteiger charge is 2.33. The fourth-order valence-corrected chi connectivity index (χ4v) is 3.93. The Morgan fingerprint density at radius 2 is 1.58 bits per heavy atom. The predicted molar refractivity (Wildman–Crippen MR) is 117 cm³/mol. The van der Waals surface area contributed by atoms with Gasteiger partial charge in [0.25, 0.3) is 0 Å². The zero-order valence-electron chi connectivity index (χ0n) is 18.5. The Morgan fingerprint density at radius 1 is 0.917 bits per heavy atom. The second-order valence-corrected chi connectivity index (χ2v) is 8.08. The molecule has 188 valence electrons. The lowest BCUT2D eigenvalue weighted by Gasteiger charge is -2.16. The Morgan fingerprint density at radius 3 is 2.22 bits per heavy atom. The van der Waals surface area contributed by atoms with Crippen molar-refractivity contribution in [1.29, 1.82) is 0 Å². The van der Waals surface area contributed by atoms with Gasteiger partial charge < -0.3 is 9.84 Å². The fourth-order valence-electron chi connectivity index (χ4n) is 3.93. The zero-order chi connectivity index (χ0) is 26.1. The minimum atomic E-state index is -4.67. The molecule has 1 aliphatic carbocycles. The minimum absolute atomic E-state index is 0.0757. The second-order valence-electron chi connectivity index (χ2n) is 8.08. The molecular formula is C25H18F6N2O3. The Kier molecular flexibility index (Phi) is 6.75. The van der Waals surface area contributed by atoms with Crippen LogP contribution in [-0.4, -0.2) is 21.0 Å². The van der Waals surface area contributed by atoms with Gasteiger partial charge in [0.05, 0.1) is 16.8 Å². The van der Waals surface area contributed by atoms with Gasteiger partial charge in [-0.25, -0.2) is 14.8 Å². The number of allylic oxidation sites excluding steroid dienone is 2. The van der Waals surface area contributed by atoms with E-state index in [-0.39, 0.29) is 23.7 Å². The average molecular weight is 508 g/mol. The number of hydrogen-bond acceptors (Lipinski definition) is 4. The van der Waals surface area contributed by atoms with Gasteiger partial charge in [0, 0.05) is 11.8 Å². The Hall–Kier alpha value is -3.89. The number of halogens is 6. The molecule has 0 amide bonds. The Labute approximate surface area is 201 Å². The van der Waals surface area contributed by atoms with E-state index in [0.29, 0.717) is 47.9 Å². The zero-order valence-corrected chi connectivity index (χ0v) is 18.5. The molecule has 0 spiro atoms. The van der Waals surface area contributed by atoms with Gasteiger partial charge in [0.15, 0.2) is 0 Å². The van der Waals surface area contributed by atoms with E-state index in [4.69, 9.17) is 4.74 Å². The van der Waals surface area contributed by atoms with Crippen LogP contribution >= 0.6 is 0 Å². The predicted octanol–water partition coefficient (Wildman–Crippen LogP) is 6.89. The van der Waals surface area contributed by atoms with Gasteiger partial charge in [0.1, 0.15) is 12.3 Å². The summed E-state index contributed by atoms with van der Waals surface area (Å²) in [4.78, 5) is 19.3. The molecule has 4 rings (SSSR count). The number of carboxylic acid groups (broad SMARTS) is 1. The fraction of sp³-hybridized carbons (Fsp3) is 0.240. The molecule has 3 aromatic rings. The first-order valence-electron chi connectivity index (χ1n) is 10.7. The quantitative estimate of drug-likeness (QED) is 0.367. The molecule has 2 heterocycles. The first-order valence-corrected chi connectivity index (χ1v) is 10.7. The van der Waals surface area contributed by atoms with Crippen molar-refractivity contribution in [3.63, 3.8) is 0 Å². The molecule has 0 fully saturated rings. The number of alkyl halides is 6. The molecule has 11 heteroatoms. The summed E-state index contributed by atoms with van der Waals surface area (Å²) in [6.07, 6.45) is -7.11. The lowest BCUT2D eigenvalue weighted by atomic mass is 9.99. The Bertz CT molecular complexity index is 1310. The molecule has 5 nitrogen and oxygen atoms in total. The molecule has 0 saturated heterocycles. The maximum absolute atomic E-state index is 13.5. The van der Waals surface area contributed by atoms with E-state index < -0.39 is 29.4 Å². The van der Waals surface area contributed by atoms with Crippen molar-refractivity contribution in [3.8, 4) is 5.88 Å². The number of aromatic carboxylic acids is 1. The number of ether oxygens (including phenoxy) is 1. The highest BCUT2D eigenvalue weighted by Crippen LogP contribution is 2.43. The van der Waals surface area contributed by atoms with Crippen LogP contribution in [0.3, 0.4) is 0 Å². The summed E-state index contributed by atoms with van der Waals surface area (Å²) in [6.45, 7) is -0.223. The third-order valence-corrected chi connectivity index (χ3v) is 5.66. The van der Waals surface area contributed by atoms with E-state index >= 15 is 0 Å². The standard InChI is InChI=1S/C25H18F6N2O3/c26-24(27,28)15-9-7-14(8-10-15)13-36-22-19(11-16(12-32-22)25(29,30)31)17-3-1-4-18(17)20-5-2-6-21(33-20)23(34)35/h2,5-12H,1,3-4,13H2,(H,34,35). The maximum atomic E-state index is 13.5. The molecule has 1 aliphatic rings.